The molecule has 0 aliphatic heterocycles. The summed E-state index contributed by atoms with van der Waals surface area (Å²) in [6.07, 6.45) is 1.72. The van der Waals surface area contributed by atoms with Gasteiger partial charge in [-0.1, -0.05) is 52.0 Å². The van der Waals surface area contributed by atoms with Crippen LogP contribution < -0.4 is 11.3 Å². The summed E-state index contributed by atoms with van der Waals surface area (Å²) in [5, 5.41) is 0. The molecular formula is C18H26N2O. The Morgan fingerprint density at radius 3 is 2.24 bits per heavy atom. The number of aryl methyl sites for hydroxylation is 1. The highest BCUT2D eigenvalue weighted by Crippen LogP contribution is 2.25. The lowest BCUT2D eigenvalue weighted by molar-refractivity contribution is 0.396. The quantitative estimate of drug-likeness (QED) is 0.647. The van der Waals surface area contributed by atoms with Crippen molar-refractivity contribution in [3.05, 3.63) is 59.0 Å². The maximum atomic E-state index is 5.79. The lowest BCUT2D eigenvalue weighted by Crippen LogP contribution is -2.29. The fourth-order valence-corrected chi connectivity index (χ4v) is 2.39. The predicted octanol–water partition coefficient (Wildman–Crippen LogP) is 3.89. The van der Waals surface area contributed by atoms with Crippen molar-refractivity contribution >= 4 is 0 Å². The third kappa shape index (κ3) is 3.96. The van der Waals surface area contributed by atoms with Gasteiger partial charge in [0.15, 0.2) is 0 Å². The first-order valence-corrected chi connectivity index (χ1v) is 7.58. The van der Waals surface area contributed by atoms with Gasteiger partial charge in [0.1, 0.15) is 11.5 Å². The molecule has 2 aromatic rings. The molecule has 0 aliphatic rings. The van der Waals surface area contributed by atoms with E-state index < -0.39 is 0 Å². The van der Waals surface area contributed by atoms with Crippen LogP contribution >= 0.6 is 0 Å². The number of benzene rings is 1. The van der Waals surface area contributed by atoms with Crippen molar-refractivity contribution in [2.45, 2.75) is 52.0 Å². The zero-order valence-corrected chi connectivity index (χ0v) is 13.4. The molecule has 21 heavy (non-hydrogen) atoms. The first kappa shape index (κ1) is 15.8. The maximum absolute atomic E-state index is 5.79. The lowest BCUT2D eigenvalue weighted by atomic mass is 9.86. The summed E-state index contributed by atoms with van der Waals surface area (Å²) in [5.74, 6) is 7.58. The Labute approximate surface area is 127 Å². The van der Waals surface area contributed by atoms with E-state index in [4.69, 9.17) is 10.3 Å². The van der Waals surface area contributed by atoms with E-state index in [9.17, 15) is 0 Å². The van der Waals surface area contributed by atoms with Crippen LogP contribution in [-0.2, 0) is 18.3 Å². The molecule has 0 saturated carbocycles. The highest BCUT2D eigenvalue weighted by molar-refractivity contribution is 5.28. The molecule has 114 valence electrons. The molecule has 1 atom stereocenters. The summed E-state index contributed by atoms with van der Waals surface area (Å²) in [6.45, 7) is 8.75. The first-order valence-electron chi connectivity index (χ1n) is 7.58. The number of furan rings is 1. The van der Waals surface area contributed by atoms with Crippen molar-refractivity contribution in [1.82, 2.24) is 5.43 Å². The molecule has 0 radical (unpaired) electrons. The van der Waals surface area contributed by atoms with E-state index in [1.54, 1.807) is 0 Å². The number of hydrazine groups is 1. The van der Waals surface area contributed by atoms with Crippen molar-refractivity contribution in [3.63, 3.8) is 0 Å². The standard InChI is InChI=1S/C18H26N2O/c1-5-15-10-11-17(21-15)16(20-19)12-13-6-8-14(9-7-13)18(2,3)4/h6-11,16,20H,5,12,19H2,1-4H3. The number of nitrogens with two attached hydrogens (primary N) is 1. The molecular weight excluding hydrogens is 260 g/mol. The lowest BCUT2D eigenvalue weighted by Gasteiger charge is -2.20. The van der Waals surface area contributed by atoms with E-state index in [0.717, 1.165) is 24.4 Å². The van der Waals surface area contributed by atoms with E-state index in [2.05, 4.69) is 57.4 Å². The normalized spacial score (nSPS) is 13.4. The van der Waals surface area contributed by atoms with Gasteiger partial charge in [-0.3, -0.25) is 5.84 Å². The fourth-order valence-electron chi connectivity index (χ4n) is 2.39. The first-order chi connectivity index (χ1) is 9.94. The topological polar surface area (TPSA) is 51.2 Å². The second kappa shape index (κ2) is 6.46. The van der Waals surface area contributed by atoms with Crippen molar-refractivity contribution in [2.75, 3.05) is 0 Å². The Morgan fingerprint density at radius 1 is 1.10 bits per heavy atom. The Kier molecular flexibility index (Phi) is 4.86. The minimum Gasteiger partial charge on any atom is -0.464 e. The highest BCUT2D eigenvalue weighted by atomic mass is 16.3. The summed E-state index contributed by atoms with van der Waals surface area (Å²) in [7, 11) is 0. The van der Waals surface area contributed by atoms with Crippen LogP contribution in [0, 0.1) is 0 Å². The van der Waals surface area contributed by atoms with E-state index in [-0.39, 0.29) is 11.5 Å². The van der Waals surface area contributed by atoms with Crippen LogP contribution in [-0.4, -0.2) is 0 Å². The second-order valence-corrected chi connectivity index (χ2v) is 6.53. The molecule has 0 spiro atoms. The number of rotatable bonds is 5. The van der Waals surface area contributed by atoms with Gasteiger partial charge in [0.2, 0.25) is 0 Å². The molecule has 0 aliphatic carbocycles. The van der Waals surface area contributed by atoms with Crippen LogP contribution in [0.4, 0.5) is 0 Å². The molecule has 0 saturated heterocycles. The van der Waals surface area contributed by atoms with Crippen molar-refractivity contribution in [3.8, 4) is 0 Å². The van der Waals surface area contributed by atoms with Gasteiger partial charge in [-0.05, 0) is 35.1 Å². The monoisotopic (exact) mass is 286 g/mol. The summed E-state index contributed by atoms with van der Waals surface area (Å²) in [5.41, 5.74) is 5.63. The molecule has 1 heterocycles. The van der Waals surface area contributed by atoms with Gasteiger partial charge in [0.25, 0.3) is 0 Å². The minimum atomic E-state index is 0.00536. The van der Waals surface area contributed by atoms with Gasteiger partial charge in [0, 0.05) is 6.42 Å². The van der Waals surface area contributed by atoms with Crippen LogP contribution in [0.25, 0.3) is 0 Å². The number of nitrogens with one attached hydrogen (secondary N) is 1. The zero-order chi connectivity index (χ0) is 15.5. The van der Waals surface area contributed by atoms with E-state index in [0.29, 0.717) is 0 Å². The number of hydrogen-bond acceptors (Lipinski definition) is 3. The molecule has 2 rings (SSSR count). The van der Waals surface area contributed by atoms with Crippen molar-refractivity contribution in [1.29, 1.82) is 0 Å². The summed E-state index contributed by atoms with van der Waals surface area (Å²) in [4.78, 5) is 0. The maximum Gasteiger partial charge on any atom is 0.122 e. The van der Waals surface area contributed by atoms with Gasteiger partial charge < -0.3 is 4.42 Å². The van der Waals surface area contributed by atoms with Crippen LogP contribution in [0.2, 0.25) is 0 Å². The largest absolute Gasteiger partial charge is 0.464 e. The predicted molar refractivity (Wildman–Crippen MR) is 87.0 cm³/mol. The van der Waals surface area contributed by atoms with Crippen LogP contribution in [0.1, 0.15) is 56.4 Å². The van der Waals surface area contributed by atoms with E-state index >= 15 is 0 Å². The average Bonchev–Trinajstić information content (AvgIpc) is 2.93. The minimum absolute atomic E-state index is 0.00536. The Hall–Kier alpha value is -1.58. The fraction of sp³-hybridized carbons (Fsp3) is 0.444. The Morgan fingerprint density at radius 2 is 1.76 bits per heavy atom. The van der Waals surface area contributed by atoms with Crippen LogP contribution in [0.5, 0.6) is 0 Å². The summed E-state index contributed by atoms with van der Waals surface area (Å²) >= 11 is 0. The van der Waals surface area contributed by atoms with Gasteiger partial charge in [0.05, 0.1) is 6.04 Å². The van der Waals surface area contributed by atoms with Gasteiger partial charge in [-0.15, -0.1) is 0 Å². The van der Waals surface area contributed by atoms with E-state index in [1.807, 2.05) is 12.1 Å². The molecule has 1 unspecified atom stereocenters. The smallest absolute Gasteiger partial charge is 0.122 e. The molecule has 3 nitrogen and oxygen atoms in total. The third-order valence-electron chi connectivity index (χ3n) is 3.84. The van der Waals surface area contributed by atoms with Crippen molar-refractivity contribution < 1.29 is 4.42 Å². The molecule has 3 heteroatoms. The molecule has 1 aromatic carbocycles. The molecule has 0 amide bonds. The van der Waals surface area contributed by atoms with Gasteiger partial charge in [-0.25, -0.2) is 5.43 Å². The van der Waals surface area contributed by atoms with Gasteiger partial charge in [-0.2, -0.15) is 0 Å². The summed E-state index contributed by atoms with van der Waals surface area (Å²) in [6, 6.07) is 12.8. The summed E-state index contributed by atoms with van der Waals surface area (Å²) < 4.78 is 5.79. The third-order valence-corrected chi connectivity index (χ3v) is 3.84. The Balaban J connectivity index is 2.11. The molecule has 0 fully saturated rings. The zero-order valence-electron chi connectivity index (χ0n) is 13.4. The van der Waals surface area contributed by atoms with Crippen LogP contribution in [0.3, 0.4) is 0 Å². The average molecular weight is 286 g/mol. The van der Waals surface area contributed by atoms with Crippen molar-refractivity contribution in [2.24, 2.45) is 5.84 Å². The molecule has 1 aromatic heterocycles. The van der Waals surface area contributed by atoms with E-state index in [1.165, 1.54) is 11.1 Å². The van der Waals surface area contributed by atoms with Gasteiger partial charge >= 0.3 is 0 Å². The second-order valence-electron chi connectivity index (χ2n) is 6.53. The molecule has 0 bridgehead atoms. The highest BCUT2D eigenvalue weighted by Gasteiger charge is 2.16. The Bertz CT molecular complexity index is 564. The van der Waals surface area contributed by atoms with Crippen LogP contribution in [0.15, 0.2) is 40.8 Å². The SMILES string of the molecule is CCc1ccc(C(Cc2ccc(C(C)(C)C)cc2)NN)o1. The number of hydrogen-bond donors (Lipinski definition) is 2. The molecule has 3 N–H and O–H groups in total.